The number of aromatic nitrogens is 2. The molecule has 4 aromatic rings. The van der Waals surface area contributed by atoms with E-state index in [1.54, 1.807) is 31.9 Å². The Labute approximate surface area is 208 Å². The van der Waals surface area contributed by atoms with Crippen LogP contribution in [0.25, 0.3) is 16.5 Å². The first kappa shape index (κ1) is 24.0. The number of pyridine rings is 2. The summed E-state index contributed by atoms with van der Waals surface area (Å²) >= 11 is 1.24. The quantitative estimate of drug-likeness (QED) is 0.233. The standard InChI is InChI=1S/C27H25N5O2S/c1-29-16-23(18-11-13-30-14-12-18)26(28)19-7-9-21(10-8-19)34-17-25-22(27(33)32-35-2)15-20-5-3-4-6-24(20)31-25/h3-16,28-29H,17H2,1-2H3,(H,32,33)/b23-16-,28-26?. The highest BCUT2D eigenvalue weighted by atomic mass is 32.2. The highest BCUT2D eigenvalue weighted by Gasteiger charge is 2.15. The Morgan fingerprint density at radius 3 is 2.51 bits per heavy atom. The largest absolute Gasteiger partial charge is 0.487 e. The van der Waals surface area contributed by atoms with E-state index in [1.807, 2.05) is 66.7 Å². The van der Waals surface area contributed by atoms with Crippen molar-refractivity contribution >= 4 is 40.0 Å². The lowest BCUT2D eigenvalue weighted by molar-refractivity contribution is 0.0981. The zero-order valence-corrected chi connectivity index (χ0v) is 20.2. The normalized spacial score (nSPS) is 11.2. The third-order valence-electron chi connectivity index (χ3n) is 5.31. The number of nitrogens with one attached hydrogen (secondary N) is 3. The van der Waals surface area contributed by atoms with Gasteiger partial charge in [-0.1, -0.05) is 30.1 Å². The molecule has 0 aliphatic carbocycles. The number of para-hydroxylation sites is 1. The van der Waals surface area contributed by atoms with E-state index in [9.17, 15) is 4.79 Å². The molecule has 2 aromatic carbocycles. The van der Waals surface area contributed by atoms with E-state index in [0.29, 0.717) is 22.7 Å². The van der Waals surface area contributed by atoms with E-state index in [1.165, 1.54) is 11.9 Å². The van der Waals surface area contributed by atoms with Gasteiger partial charge in [-0.2, -0.15) is 0 Å². The number of fused-ring (bicyclic) bond motifs is 1. The minimum absolute atomic E-state index is 0.140. The van der Waals surface area contributed by atoms with Crippen LogP contribution in [0.3, 0.4) is 0 Å². The van der Waals surface area contributed by atoms with E-state index in [2.05, 4.69) is 20.0 Å². The van der Waals surface area contributed by atoms with Gasteiger partial charge >= 0.3 is 0 Å². The van der Waals surface area contributed by atoms with Crippen LogP contribution in [0.15, 0.2) is 85.3 Å². The van der Waals surface area contributed by atoms with E-state index in [0.717, 1.165) is 27.6 Å². The summed E-state index contributed by atoms with van der Waals surface area (Å²) in [5.41, 5.74) is 4.63. The van der Waals surface area contributed by atoms with Gasteiger partial charge in [-0.05, 0) is 54.1 Å². The van der Waals surface area contributed by atoms with E-state index < -0.39 is 0 Å². The molecule has 0 aliphatic heterocycles. The summed E-state index contributed by atoms with van der Waals surface area (Å²) in [6, 6.07) is 20.6. The minimum atomic E-state index is -0.210. The van der Waals surface area contributed by atoms with Crippen LogP contribution in [0.1, 0.15) is 27.2 Å². The zero-order valence-electron chi connectivity index (χ0n) is 19.4. The first-order chi connectivity index (χ1) is 17.1. The summed E-state index contributed by atoms with van der Waals surface area (Å²) in [6.07, 6.45) is 7.01. The van der Waals surface area contributed by atoms with Crippen molar-refractivity contribution in [2.45, 2.75) is 6.61 Å². The van der Waals surface area contributed by atoms with Crippen molar-refractivity contribution in [3.05, 3.63) is 108 Å². The lowest BCUT2D eigenvalue weighted by atomic mass is 9.97. The van der Waals surface area contributed by atoms with Crippen LogP contribution < -0.4 is 14.8 Å². The van der Waals surface area contributed by atoms with Crippen molar-refractivity contribution in [2.24, 2.45) is 0 Å². The van der Waals surface area contributed by atoms with Gasteiger partial charge in [0.05, 0.1) is 22.5 Å². The number of nitrogens with zero attached hydrogens (tertiary/aromatic N) is 2. The van der Waals surface area contributed by atoms with Crippen LogP contribution in [0.2, 0.25) is 0 Å². The summed E-state index contributed by atoms with van der Waals surface area (Å²) in [5.74, 6) is 0.411. The summed E-state index contributed by atoms with van der Waals surface area (Å²) in [5, 5.41) is 12.6. The maximum absolute atomic E-state index is 12.6. The van der Waals surface area contributed by atoms with Gasteiger partial charge in [-0.25, -0.2) is 4.98 Å². The molecule has 0 radical (unpaired) electrons. The number of benzene rings is 2. The predicted octanol–water partition coefficient (Wildman–Crippen LogP) is 4.84. The van der Waals surface area contributed by atoms with Crippen molar-refractivity contribution in [3.8, 4) is 5.75 Å². The minimum Gasteiger partial charge on any atom is -0.487 e. The Hall–Kier alpha value is -4.17. The number of amides is 1. The van der Waals surface area contributed by atoms with Crippen molar-refractivity contribution in [2.75, 3.05) is 13.3 Å². The third-order valence-corrected chi connectivity index (χ3v) is 5.70. The van der Waals surface area contributed by atoms with E-state index in [4.69, 9.17) is 10.1 Å². The second kappa shape index (κ2) is 11.3. The molecule has 3 N–H and O–H groups in total. The maximum Gasteiger partial charge on any atom is 0.263 e. The molecule has 4 rings (SSSR count). The monoisotopic (exact) mass is 483 g/mol. The average Bonchev–Trinajstić information content (AvgIpc) is 2.90. The van der Waals surface area contributed by atoms with E-state index >= 15 is 0 Å². The molecule has 0 saturated heterocycles. The molecule has 8 heteroatoms. The van der Waals surface area contributed by atoms with Crippen LogP contribution in [-0.4, -0.2) is 34.9 Å². The number of ether oxygens (including phenoxy) is 1. The second-order valence-electron chi connectivity index (χ2n) is 7.58. The number of hydrogen-bond acceptors (Lipinski definition) is 7. The van der Waals surface area contributed by atoms with Crippen LogP contribution in [0.5, 0.6) is 5.75 Å². The van der Waals surface area contributed by atoms with Gasteiger partial charge < -0.3 is 10.1 Å². The molecule has 0 aliphatic rings. The number of hydrogen-bond donors (Lipinski definition) is 3. The average molecular weight is 484 g/mol. The molecular formula is C27H25N5O2S. The Morgan fingerprint density at radius 2 is 1.80 bits per heavy atom. The summed E-state index contributed by atoms with van der Waals surface area (Å²) in [6.45, 7) is 0.140. The fraction of sp³-hybridized carbons (Fsp3) is 0.111. The third kappa shape index (κ3) is 5.67. The van der Waals surface area contributed by atoms with Gasteiger partial charge in [-0.15, -0.1) is 0 Å². The van der Waals surface area contributed by atoms with Crippen molar-refractivity contribution in [1.82, 2.24) is 20.0 Å². The predicted molar refractivity (Wildman–Crippen MR) is 142 cm³/mol. The highest BCUT2D eigenvalue weighted by molar-refractivity contribution is 7.97. The van der Waals surface area contributed by atoms with Gasteiger partial charge in [0.15, 0.2) is 0 Å². The smallest absolute Gasteiger partial charge is 0.263 e. The molecule has 176 valence electrons. The Morgan fingerprint density at radius 1 is 1.06 bits per heavy atom. The molecule has 0 atom stereocenters. The number of carbonyl (C=O) groups excluding carboxylic acids is 1. The molecular weight excluding hydrogens is 458 g/mol. The second-order valence-corrected chi connectivity index (χ2v) is 8.19. The molecule has 35 heavy (non-hydrogen) atoms. The molecule has 0 unspecified atom stereocenters. The van der Waals surface area contributed by atoms with Gasteiger partial charge in [0, 0.05) is 48.4 Å². The topological polar surface area (TPSA) is 100.0 Å². The van der Waals surface area contributed by atoms with Gasteiger partial charge in [0.1, 0.15) is 12.4 Å². The van der Waals surface area contributed by atoms with Gasteiger partial charge in [0.25, 0.3) is 5.91 Å². The summed E-state index contributed by atoms with van der Waals surface area (Å²) in [4.78, 5) is 21.3. The summed E-state index contributed by atoms with van der Waals surface area (Å²) < 4.78 is 8.75. The SMILES string of the molecule is CN/C=C(\C(=N)c1ccc(OCc2nc3ccccc3cc2C(=O)NSC)cc1)c1ccncc1. The Balaban J connectivity index is 1.53. The lowest BCUT2D eigenvalue weighted by Crippen LogP contribution is -2.19. The van der Waals surface area contributed by atoms with Crippen LogP contribution >= 0.6 is 11.9 Å². The Bertz CT molecular complexity index is 1370. The van der Waals surface area contributed by atoms with Gasteiger partial charge in [0.2, 0.25) is 0 Å². The molecule has 2 aromatic heterocycles. The molecule has 0 bridgehead atoms. The van der Waals surface area contributed by atoms with Crippen LogP contribution in [-0.2, 0) is 6.61 Å². The first-order valence-corrected chi connectivity index (χ1v) is 12.1. The zero-order chi connectivity index (χ0) is 24.6. The molecule has 2 heterocycles. The first-order valence-electron chi connectivity index (χ1n) is 10.9. The van der Waals surface area contributed by atoms with Crippen molar-refractivity contribution < 1.29 is 9.53 Å². The number of carbonyl (C=O) groups is 1. The molecule has 7 nitrogen and oxygen atoms in total. The molecule has 1 amide bonds. The molecule has 0 fully saturated rings. The highest BCUT2D eigenvalue weighted by Crippen LogP contribution is 2.23. The lowest BCUT2D eigenvalue weighted by Gasteiger charge is -2.13. The Kier molecular flexibility index (Phi) is 7.74. The molecule has 0 spiro atoms. The number of rotatable bonds is 9. The van der Waals surface area contributed by atoms with Crippen LogP contribution in [0, 0.1) is 5.41 Å². The summed E-state index contributed by atoms with van der Waals surface area (Å²) in [7, 11) is 1.81. The number of allylic oxidation sites excluding steroid dienone is 1. The fourth-order valence-corrected chi connectivity index (χ4v) is 3.91. The van der Waals surface area contributed by atoms with Crippen molar-refractivity contribution in [3.63, 3.8) is 0 Å². The van der Waals surface area contributed by atoms with Crippen molar-refractivity contribution in [1.29, 1.82) is 5.41 Å². The van der Waals surface area contributed by atoms with Gasteiger partial charge in [-0.3, -0.25) is 19.9 Å². The fourth-order valence-electron chi connectivity index (χ4n) is 3.61. The molecule has 0 saturated carbocycles. The van der Waals surface area contributed by atoms with Crippen LogP contribution in [0.4, 0.5) is 0 Å². The van der Waals surface area contributed by atoms with E-state index in [-0.39, 0.29) is 12.5 Å². The maximum atomic E-state index is 12.6.